The predicted octanol–water partition coefficient (Wildman–Crippen LogP) is 1.13. The van der Waals surface area contributed by atoms with Gasteiger partial charge in [0.15, 0.2) is 0 Å². The molecule has 16 heavy (non-hydrogen) atoms. The summed E-state index contributed by atoms with van der Waals surface area (Å²) < 4.78 is 5.48. The lowest BCUT2D eigenvalue weighted by molar-refractivity contribution is -0.131. The molecule has 0 unspecified atom stereocenters. The molecule has 0 aromatic heterocycles. The van der Waals surface area contributed by atoms with Crippen molar-refractivity contribution in [3.05, 3.63) is 12.2 Å². The van der Waals surface area contributed by atoms with Crippen molar-refractivity contribution in [1.82, 2.24) is 4.90 Å². The number of nitrogens with zero attached hydrogens (tertiary/aromatic N) is 1. The number of ether oxygens (including phenoxy) is 1. The van der Waals surface area contributed by atoms with Gasteiger partial charge in [-0.25, -0.2) is 4.79 Å². The van der Waals surface area contributed by atoms with E-state index in [9.17, 15) is 4.79 Å². The molecule has 0 bridgehead atoms. The number of piperidine rings is 1. The van der Waals surface area contributed by atoms with Gasteiger partial charge in [-0.1, -0.05) is 6.08 Å². The van der Waals surface area contributed by atoms with E-state index in [1.165, 1.54) is 25.3 Å². The van der Waals surface area contributed by atoms with Gasteiger partial charge in [-0.15, -0.1) is 0 Å². The highest BCUT2D eigenvalue weighted by Crippen LogP contribution is 2.38. The van der Waals surface area contributed by atoms with Crippen molar-refractivity contribution in [2.45, 2.75) is 19.3 Å². The van der Waals surface area contributed by atoms with E-state index in [1.807, 2.05) is 0 Å². The fourth-order valence-corrected chi connectivity index (χ4v) is 2.56. The maximum absolute atomic E-state index is 10.3. The van der Waals surface area contributed by atoms with Gasteiger partial charge in [0, 0.05) is 19.2 Å². The molecule has 1 N–H and O–H groups in total. The van der Waals surface area contributed by atoms with Gasteiger partial charge in [-0.05, 0) is 37.8 Å². The zero-order valence-corrected chi connectivity index (χ0v) is 9.52. The van der Waals surface area contributed by atoms with Crippen LogP contribution < -0.4 is 0 Å². The van der Waals surface area contributed by atoms with Gasteiger partial charge in [0.2, 0.25) is 0 Å². The number of likely N-dealkylation sites (tertiary alicyclic amines) is 1. The third-order valence-electron chi connectivity index (χ3n) is 3.73. The number of rotatable bonds is 3. The lowest BCUT2D eigenvalue weighted by atomic mass is 9.78. The van der Waals surface area contributed by atoms with Gasteiger partial charge >= 0.3 is 5.97 Å². The molecule has 0 radical (unpaired) electrons. The van der Waals surface area contributed by atoms with E-state index in [2.05, 4.69) is 4.90 Å². The highest BCUT2D eigenvalue weighted by molar-refractivity contribution is 5.79. The quantitative estimate of drug-likeness (QED) is 0.731. The van der Waals surface area contributed by atoms with E-state index >= 15 is 0 Å². The number of carbonyl (C=O) groups is 1. The first kappa shape index (κ1) is 11.6. The minimum Gasteiger partial charge on any atom is -0.478 e. The average Bonchev–Trinajstić information content (AvgIpc) is 2.70. The third-order valence-corrected chi connectivity index (χ3v) is 3.73. The maximum Gasteiger partial charge on any atom is 0.328 e. The number of aliphatic carboxylic acids is 1. The van der Waals surface area contributed by atoms with Crippen LogP contribution in [-0.2, 0) is 9.53 Å². The van der Waals surface area contributed by atoms with Crippen LogP contribution in [0.15, 0.2) is 12.2 Å². The summed E-state index contributed by atoms with van der Waals surface area (Å²) in [5, 5.41) is 8.49. The second-order valence-electron chi connectivity index (χ2n) is 4.84. The van der Waals surface area contributed by atoms with Crippen LogP contribution in [0.5, 0.6) is 0 Å². The largest absolute Gasteiger partial charge is 0.478 e. The van der Waals surface area contributed by atoms with Crippen molar-refractivity contribution in [3.63, 3.8) is 0 Å². The van der Waals surface area contributed by atoms with Crippen molar-refractivity contribution in [1.29, 1.82) is 0 Å². The Hall–Kier alpha value is -0.870. The standard InChI is InChI=1S/C12H19NO3/c14-11(15)2-1-6-13-7-3-12(4-8-13)5-9-16-10-12/h1-2H,3-10H2,(H,14,15)/b2-1+. The van der Waals surface area contributed by atoms with E-state index in [-0.39, 0.29) is 0 Å². The second-order valence-corrected chi connectivity index (χ2v) is 4.84. The number of carboxylic acids is 1. The molecule has 1 spiro atoms. The first-order valence-electron chi connectivity index (χ1n) is 5.90. The lowest BCUT2D eigenvalue weighted by Gasteiger charge is -2.37. The fraction of sp³-hybridized carbons (Fsp3) is 0.750. The molecule has 0 aromatic rings. The van der Waals surface area contributed by atoms with Gasteiger partial charge in [0.05, 0.1) is 6.61 Å². The zero-order chi connectivity index (χ0) is 11.4. The smallest absolute Gasteiger partial charge is 0.328 e. The van der Waals surface area contributed by atoms with E-state index in [4.69, 9.17) is 9.84 Å². The molecule has 0 aliphatic carbocycles. The Balaban J connectivity index is 1.74. The predicted molar refractivity (Wildman–Crippen MR) is 60.3 cm³/mol. The van der Waals surface area contributed by atoms with Crippen LogP contribution in [0.2, 0.25) is 0 Å². The summed E-state index contributed by atoms with van der Waals surface area (Å²) in [7, 11) is 0. The van der Waals surface area contributed by atoms with Gasteiger partial charge in [-0.3, -0.25) is 4.90 Å². The Morgan fingerprint density at radius 1 is 1.38 bits per heavy atom. The van der Waals surface area contributed by atoms with Crippen LogP contribution in [0, 0.1) is 5.41 Å². The Kier molecular flexibility index (Phi) is 3.61. The molecule has 2 aliphatic heterocycles. The summed E-state index contributed by atoms with van der Waals surface area (Å²) in [6, 6.07) is 0. The fourth-order valence-electron chi connectivity index (χ4n) is 2.56. The van der Waals surface area contributed by atoms with E-state index in [1.54, 1.807) is 6.08 Å². The lowest BCUT2D eigenvalue weighted by Crippen LogP contribution is -2.40. The van der Waals surface area contributed by atoms with Gasteiger partial charge in [0.25, 0.3) is 0 Å². The molecule has 2 heterocycles. The molecular formula is C12H19NO3. The molecule has 90 valence electrons. The zero-order valence-electron chi connectivity index (χ0n) is 9.52. The van der Waals surface area contributed by atoms with Crippen LogP contribution in [0.1, 0.15) is 19.3 Å². The number of hydrogen-bond acceptors (Lipinski definition) is 3. The topological polar surface area (TPSA) is 49.8 Å². The summed E-state index contributed by atoms with van der Waals surface area (Å²) in [5.41, 5.74) is 0.438. The maximum atomic E-state index is 10.3. The monoisotopic (exact) mass is 225 g/mol. The summed E-state index contributed by atoms with van der Waals surface area (Å²) in [5.74, 6) is -0.863. The van der Waals surface area contributed by atoms with Crippen molar-refractivity contribution in [2.75, 3.05) is 32.8 Å². The van der Waals surface area contributed by atoms with Crippen LogP contribution in [0.4, 0.5) is 0 Å². The minimum absolute atomic E-state index is 0.438. The highest BCUT2D eigenvalue weighted by atomic mass is 16.5. The molecule has 2 saturated heterocycles. The van der Waals surface area contributed by atoms with Gasteiger partial charge < -0.3 is 9.84 Å². The van der Waals surface area contributed by atoms with Crippen molar-refractivity contribution < 1.29 is 14.6 Å². The summed E-state index contributed by atoms with van der Waals surface area (Å²) in [6.45, 7) is 4.72. The average molecular weight is 225 g/mol. The Morgan fingerprint density at radius 3 is 2.69 bits per heavy atom. The minimum atomic E-state index is -0.863. The van der Waals surface area contributed by atoms with Crippen LogP contribution in [0.25, 0.3) is 0 Å². The SMILES string of the molecule is O=C(O)/C=C/CN1CCC2(CCOC2)CC1. The second kappa shape index (κ2) is 4.97. The first-order chi connectivity index (χ1) is 7.70. The molecule has 2 fully saturated rings. The molecule has 0 saturated carbocycles. The molecule has 0 amide bonds. The highest BCUT2D eigenvalue weighted by Gasteiger charge is 2.37. The number of hydrogen-bond donors (Lipinski definition) is 1. The van der Waals surface area contributed by atoms with Crippen LogP contribution in [-0.4, -0.2) is 48.8 Å². The van der Waals surface area contributed by atoms with Gasteiger partial charge in [0.1, 0.15) is 0 Å². The Labute approximate surface area is 95.9 Å². The Bertz CT molecular complexity index is 272. The van der Waals surface area contributed by atoms with Gasteiger partial charge in [-0.2, -0.15) is 0 Å². The molecule has 0 aromatic carbocycles. The normalized spacial score (nSPS) is 25.5. The molecule has 4 heteroatoms. The van der Waals surface area contributed by atoms with E-state index in [0.29, 0.717) is 5.41 Å². The summed E-state index contributed by atoms with van der Waals surface area (Å²) in [6.07, 6.45) is 6.53. The summed E-state index contributed by atoms with van der Waals surface area (Å²) >= 11 is 0. The summed E-state index contributed by atoms with van der Waals surface area (Å²) in [4.78, 5) is 12.6. The van der Waals surface area contributed by atoms with Crippen LogP contribution in [0.3, 0.4) is 0 Å². The number of carboxylic acid groups (broad SMARTS) is 1. The Morgan fingerprint density at radius 2 is 2.12 bits per heavy atom. The molecular weight excluding hydrogens is 206 g/mol. The molecule has 2 rings (SSSR count). The van der Waals surface area contributed by atoms with E-state index in [0.717, 1.165) is 32.8 Å². The van der Waals surface area contributed by atoms with E-state index < -0.39 is 5.97 Å². The molecule has 4 nitrogen and oxygen atoms in total. The van der Waals surface area contributed by atoms with Crippen molar-refractivity contribution in [3.8, 4) is 0 Å². The first-order valence-corrected chi connectivity index (χ1v) is 5.90. The van der Waals surface area contributed by atoms with Crippen LogP contribution >= 0.6 is 0 Å². The van der Waals surface area contributed by atoms with Crippen molar-refractivity contribution in [2.24, 2.45) is 5.41 Å². The molecule has 2 aliphatic rings. The third kappa shape index (κ3) is 2.83. The molecule has 0 atom stereocenters. The van der Waals surface area contributed by atoms with Crippen molar-refractivity contribution >= 4 is 5.97 Å².